The minimum atomic E-state index is -3.74. The van der Waals surface area contributed by atoms with Crippen LogP contribution in [0.15, 0.2) is 59.5 Å². The highest BCUT2D eigenvalue weighted by Gasteiger charge is 2.14. The van der Waals surface area contributed by atoms with Crippen molar-refractivity contribution < 1.29 is 22.7 Å². The fourth-order valence-electron chi connectivity index (χ4n) is 2.18. The molecule has 0 bridgehead atoms. The van der Waals surface area contributed by atoms with Crippen molar-refractivity contribution in [3.05, 3.63) is 60.2 Å². The van der Waals surface area contributed by atoms with Crippen LogP contribution in [0, 0.1) is 0 Å². The molecule has 0 saturated carbocycles. The summed E-state index contributed by atoms with van der Waals surface area (Å²) < 4.78 is 32.5. The molecule has 0 aromatic heterocycles. The lowest BCUT2D eigenvalue weighted by molar-refractivity contribution is -0.129. The lowest BCUT2D eigenvalue weighted by atomic mass is 10.2. The number of hydrogen-bond donors (Lipinski definition) is 2. The van der Waals surface area contributed by atoms with Crippen molar-refractivity contribution in [1.29, 1.82) is 0 Å². The predicted molar refractivity (Wildman–Crippen MR) is 111 cm³/mol. The van der Waals surface area contributed by atoms with E-state index in [1.54, 1.807) is 50.5 Å². The number of hydrogen-bond acceptors (Lipinski definition) is 5. The molecule has 2 amide bonds. The zero-order valence-corrected chi connectivity index (χ0v) is 17.2. The molecule has 0 aliphatic heterocycles. The molecule has 2 rings (SSSR count). The lowest BCUT2D eigenvalue weighted by Gasteiger charge is -2.10. The predicted octanol–water partition coefficient (Wildman–Crippen LogP) is 1.71. The zero-order chi connectivity index (χ0) is 21.4. The van der Waals surface area contributed by atoms with Crippen molar-refractivity contribution in [3.8, 4) is 5.75 Å². The highest BCUT2D eigenvalue weighted by atomic mass is 32.2. The Morgan fingerprint density at radius 2 is 1.66 bits per heavy atom. The van der Waals surface area contributed by atoms with E-state index in [0.29, 0.717) is 17.0 Å². The maximum absolute atomic E-state index is 12.5. The Labute approximate surface area is 170 Å². The van der Waals surface area contributed by atoms with Gasteiger partial charge >= 0.3 is 0 Å². The number of sulfonamides is 1. The monoisotopic (exact) mass is 417 g/mol. The van der Waals surface area contributed by atoms with Gasteiger partial charge in [-0.2, -0.15) is 0 Å². The number of ether oxygens (including phenoxy) is 1. The number of likely N-dealkylation sites (N-methyl/N-ethyl adjacent to an activating group) is 1. The number of amides is 2. The van der Waals surface area contributed by atoms with Gasteiger partial charge in [0, 0.05) is 25.9 Å². The van der Waals surface area contributed by atoms with E-state index < -0.39 is 15.9 Å². The van der Waals surface area contributed by atoms with Gasteiger partial charge in [-0.1, -0.05) is 12.1 Å². The average molecular weight is 417 g/mol. The normalized spacial score (nSPS) is 11.1. The molecule has 154 valence electrons. The summed E-state index contributed by atoms with van der Waals surface area (Å²) in [5, 5.41) is 2.47. The van der Waals surface area contributed by atoms with Crippen LogP contribution in [0.2, 0.25) is 0 Å². The third kappa shape index (κ3) is 6.65. The minimum absolute atomic E-state index is 0.0894. The molecule has 9 heteroatoms. The van der Waals surface area contributed by atoms with Gasteiger partial charge in [0.05, 0.1) is 18.6 Å². The summed E-state index contributed by atoms with van der Waals surface area (Å²) in [5.41, 5.74) is 1.06. The number of nitrogens with zero attached hydrogens (tertiary/aromatic N) is 1. The molecule has 0 heterocycles. The van der Waals surface area contributed by atoms with Crippen LogP contribution in [-0.2, 0) is 19.6 Å². The molecule has 2 aromatic carbocycles. The SMILES string of the molecule is COc1ccc(NS(=O)(=O)c2ccc(/C=C/C(=O)NCC(=O)N(C)C)cc2)cc1. The highest BCUT2D eigenvalue weighted by Crippen LogP contribution is 2.19. The number of methoxy groups -OCH3 is 1. The van der Waals surface area contributed by atoms with E-state index in [2.05, 4.69) is 10.0 Å². The third-order valence-electron chi connectivity index (χ3n) is 3.87. The Bertz CT molecular complexity index is 982. The number of carbonyl (C=O) groups is 2. The standard InChI is InChI=1S/C20H23N3O5S/c1-23(2)20(25)14-21-19(24)13-6-15-4-11-18(12-5-15)29(26,27)22-16-7-9-17(28-3)10-8-16/h4-13,22H,14H2,1-3H3,(H,21,24)/b13-6+. The van der Waals surface area contributed by atoms with Gasteiger partial charge in [0.15, 0.2) is 0 Å². The van der Waals surface area contributed by atoms with Crippen LogP contribution in [0.5, 0.6) is 5.75 Å². The molecule has 0 spiro atoms. The highest BCUT2D eigenvalue weighted by molar-refractivity contribution is 7.92. The van der Waals surface area contributed by atoms with E-state index in [4.69, 9.17) is 4.74 Å². The smallest absolute Gasteiger partial charge is 0.261 e. The van der Waals surface area contributed by atoms with Crippen molar-refractivity contribution in [2.24, 2.45) is 0 Å². The largest absolute Gasteiger partial charge is 0.497 e. The average Bonchev–Trinajstić information content (AvgIpc) is 2.71. The molecule has 0 saturated heterocycles. The van der Waals surface area contributed by atoms with Gasteiger partial charge in [-0.25, -0.2) is 8.42 Å². The van der Waals surface area contributed by atoms with Crippen molar-refractivity contribution in [2.45, 2.75) is 4.90 Å². The summed E-state index contributed by atoms with van der Waals surface area (Å²) in [5.74, 6) is -0.0112. The molecule has 8 nitrogen and oxygen atoms in total. The molecule has 0 fully saturated rings. The van der Waals surface area contributed by atoms with Crippen molar-refractivity contribution >= 4 is 33.6 Å². The molecule has 0 aliphatic carbocycles. The molecule has 0 aliphatic rings. The summed E-state index contributed by atoms with van der Waals surface area (Å²) in [6.07, 6.45) is 2.81. The summed E-state index contributed by atoms with van der Waals surface area (Å²) in [7, 11) is 0.988. The summed E-state index contributed by atoms with van der Waals surface area (Å²) in [6.45, 7) is -0.0929. The van der Waals surface area contributed by atoms with Gasteiger partial charge < -0.3 is 15.0 Å². The fraction of sp³-hybridized carbons (Fsp3) is 0.200. The first-order valence-electron chi connectivity index (χ1n) is 8.64. The van der Waals surface area contributed by atoms with Crippen LogP contribution in [0.3, 0.4) is 0 Å². The van der Waals surface area contributed by atoms with E-state index in [-0.39, 0.29) is 17.3 Å². The second kappa shape index (κ2) is 9.74. The maximum atomic E-state index is 12.5. The number of nitrogens with one attached hydrogen (secondary N) is 2. The first-order chi connectivity index (χ1) is 13.7. The van der Waals surface area contributed by atoms with E-state index >= 15 is 0 Å². The molecular weight excluding hydrogens is 394 g/mol. The molecule has 29 heavy (non-hydrogen) atoms. The van der Waals surface area contributed by atoms with E-state index in [9.17, 15) is 18.0 Å². The Morgan fingerprint density at radius 3 is 2.21 bits per heavy atom. The summed E-state index contributed by atoms with van der Waals surface area (Å²) in [4.78, 5) is 24.6. The van der Waals surface area contributed by atoms with Gasteiger partial charge in [0.25, 0.3) is 10.0 Å². The second-order valence-corrected chi connectivity index (χ2v) is 7.92. The first kappa shape index (κ1) is 22.0. The van der Waals surface area contributed by atoms with Gasteiger partial charge in [-0.15, -0.1) is 0 Å². The summed E-state index contributed by atoms with van der Waals surface area (Å²) in [6, 6.07) is 12.6. The Kier molecular flexibility index (Phi) is 7.38. The van der Waals surface area contributed by atoms with Gasteiger partial charge in [-0.3, -0.25) is 14.3 Å². The van der Waals surface area contributed by atoms with E-state index in [0.717, 1.165) is 0 Å². The van der Waals surface area contributed by atoms with Crippen LogP contribution in [0.4, 0.5) is 5.69 Å². The molecule has 2 aromatic rings. The Balaban J connectivity index is 1.99. The van der Waals surface area contributed by atoms with Crippen LogP contribution >= 0.6 is 0 Å². The van der Waals surface area contributed by atoms with Crippen molar-refractivity contribution in [3.63, 3.8) is 0 Å². The van der Waals surface area contributed by atoms with E-state index in [1.807, 2.05) is 0 Å². The second-order valence-electron chi connectivity index (χ2n) is 6.24. The maximum Gasteiger partial charge on any atom is 0.261 e. The molecule has 2 N–H and O–H groups in total. The van der Waals surface area contributed by atoms with Crippen molar-refractivity contribution in [1.82, 2.24) is 10.2 Å². The minimum Gasteiger partial charge on any atom is -0.497 e. The number of anilines is 1. The Morgan fingerprint density at radius 1 is 1.03 bits per heavy atom. The number of carbonyl (C=O) groups excluding carboxylic acids is 2. The summed E-state index contributed by atoms with van der Waals surface area (Å²) >= 11 is 0. The van der Waals surface area contributed by atoms with E-state index in [1.165, 1.54) is 36.3 Å². The fourth-order valence-corrected chi connectivity index (χ4v) is 3.24. The zero-order valence-electron chi connectivity index (χ0n) is 16.4. The first-order valence-corrected chi connectivity index (χ1v) is 10.1. The van der Waals surface area contributed by atoms with Crippen LogP contribution in [0.25, 0.3) is 6.08 Å². The van der Waals surface area contributed by atoms with Crippen LogP contribution < -0.4 is 14.8 Å². The van der Waals surface area contributed by atoms with Gasteiger partial charge in [0.2, 0.25) is 11.8 Å². The molecule has 0 unspecified atom stereocenters. The molecule has 0 radical (unpaired) electrons. The van der Waals surface area contributed by atoms with Crippen molar-refractivity contribution in [2.75, 3.05) is 32.5 Å². The number of rotatable bonds is 8. The van der Waals surface area contributed by atoms with Crippen LogP contribution in [0.1, 0.15) is 5.56 Å². The van der Waals surface area contributed by atoms with Gasteiger partial charge in [0.1, 0.15) is 5.75 Å². The lowest BCUT2D eigenvalue weighted by Crippen LogP contribution is -2.35. The molecule has 0 atom stereocenters. The Hall–Kier alpha value is -3.33. The van der Waals surface area contributed by atoms with Crippen LogP contribution in [-0.4, -0.2) is 52.9 Å². The van der Waals surface area contributed by atoms with Gasteiger partial charge in [-0.05, 0) is 48.0 Å². The number of benzene rings is 2. The topological polar surface area (TPSA) is 105 Å². The third-order valence-corrected chi connectivity index (χ3v) is 5.27. The quantitative estimate of drug-likeness (QED) is 0.637. The molecular formula is C20H23N3O5S.